The van der Waals surface area contributed by atoms with E-state index in [4.69, 9.17) is 4.74 Å². The summed E-state index contributed by atoms with van der Waals surface area (Å²) in [5.41, 5.74) is 0. The Morgan fingerprint density at radius 3 is 2.69 bits per heavy atom. The molecule has 0 radical (unpaired) electrons. The maximum Gasteiger partial charge on any atom is 0.367 e. The Bertz CT molecular complexity index is 167. The summed E-state index contributed by atoms with van der Waals surface area (Å²) in [5, 5.41) is 0.354. The van der Waals surface area contributed by atoms with Crippen LogP contribution in [0.5, 0.6) is 0 Å². The molecule has 0 atom stereocenters. The summed E-state index contributed by atoms with van der Waals surface area (Å²) in [4.78, 5) is 13.4. The number of hydrogen-bond donors (Lipinski definition) is 0. The molecule has 1 fully saturated rings. The Labute approximate surface area is 83.8 Å². The Kier molecular flexibility index (Phi) is 4.59. The van der Waals surface area contributed by atoms with Gasteiger partial charge in [0.15, 0.2) is 0 Å². The number of likely N-dealkylation sites (tertiary alicyclic amines) is 1. The standard InChI is InChI=1S/C9H17NO2S/c1-3-12-9(11)13-8-4-6-10(2)7-5-8/h8H,3-7H2,1-2H3. The predicted octanol–water partition coefficient (Wildman–Crippen LogP) is 1.97. The van der Waals surface area contributed by atoms with Gasteiger partial charge in [-0.3, -0.25) is 0 Å². The fourth-order valence-corrected chi connectivity index (χ4v) is 2.30. The first-order valence-corrected chi connectivity index (χ1v) is 5.62. The number of rotatable bonds is 2. The Balaban J connectivity index is 2.18. The minimum absolute atomic E-state index is 0.114. The molecule has 4 heteroatoms. The molecule has 76 valence electrons. The smallest absolute Gasteiger partial charge is 0.367 e. The van der Waals surface area contributed by atoms with Gasteiger partial charge >= 0.3 is 5.30 Å². The molecule has 1 rings (SSSR count). The minimum Gasteiger partial charge on any atom is -0.458 e. The largest absolute Gasteiger partial charge is 0.458 e. The van der Waals surface area contributed by atoms with Gasteiger partial charge in [-0.15, -0.1) is 0 Å². The molecule has 0 aromatic heterocycles. The average Bonchev–Trinajstić information content (AvgIpc) is 2.09. The summed E-state index contributed by atoms with van der Waals surface area (Å²) in [6, 6.07) is 0. The lowest BCUT2D eigenvalue weighted by atomic mass is 10.1. The van der Waals surface area contributed by atoms with Crippen LogP contribution < -0.4 is 0 Å². The van der Waals surface area contributed by atoms with E-state index in [0.717, 1.165) is 25.9 Å². The lowest BCUT2D eigenvalue weighted by Crippen LogP contribution is -2.32. The molecule has 0 N–H and O–H groups in total. The van der Waals surface area contributed by atoms with Gasteiger partial charge in [0.1, 0.15) is 0 Å². The second-order valence-corrected chi connectivity index (χ2v) is 4.54. The highest BCUT2D eigenvalue weighted by molar-refractivity contribution is 8.13. The first kappa shape index (κ1) is 10.9. The number of carbonyl (C=O) groups is 1. The molecule has 0 unspecified atom stereocenters. The van der Waals surface area contributed by atoms with Gasteiger partial charge in [0.2, 0.25) is 0 Å². The molecular formula is C9H17NO2S. The van der Waals surface area contributed by atoms with Gasteiger partial charge < -0.3 is 9.64 Å². The molecular weight excluding hydrogens is 186 g/mol. The summed E-state index contributed by atoms with van der Waals surface area (Å²) in [6.07, 6.45) is 2.19. The van der Waals surface area contributed by atoms with Gasteiger partial charge in [0, 0.05) is 5.25 Å². The van der Waals surface area contributed by atoms with Crippen LogP contribution in [0.3, 0.4) is 0 Å². The topological polar surface area (TPSA) is 29.5 Å². The highest BCUT2D eigenvalue weighted by atomic mass is 32.2. The zero-order chi connectivity index (χ0) is 9.68. The second kappa shape index (κ2) is 5.50. The highest BCUT2D eigenvalue weighted by Gasteiger charge is 2.20. The molecule has 1 aliphatic rings. The zero-order valence-corrected chi connectivity index (χ0v) is 9.10. The van der Waals surface area contributed by atoms with Gasteiger partial charge in [-0.2, -0.15) is 0 Å². The van der Waals surface area contributed by atoms with E-state index in [9.17, 15) is 4.79 Å². The number of ether oxygens (including phenoxy) is 1. The molecule has 1 saturated heterocycles. The van der Waals surface area contributed by atoms with Crippen LogP contribution in [0.1, 0.15) is 19.8 Å². The van der Waals surface area contributed by atoms with Crippen molar-refractivity contribution >= 4 is 17.1 Å². The van der Waals surface area contributed by atoms with Gasteiger partial charge in [-0.1, -0.05) is 0 Å². The average molecular weight is 203 g/mol. The fourth-order valence-electron chi connectivity index (χ4n) is 1.39. The molecule has 0 aliphatic carbocycles. The SMILES string of the molecule is CCOC(=O)SC1CCN(C)CC1. The molecule has 0 spiro atoms. The second-order valence-electron chi connectivity index (χ2n) is 3.30. The molecule has 0 saturated carbocycles. The molecule has 0 amide bonds. The molecule has 0 bridgehead atoms. The van der Waals surface area contributed by atoms with E-state index in [1.807, 2.05) is 6.92 Å². The minimum atomic E-state index is -0.114. The maximum atomic E-state index is 11.1. The van der Waals surface area contributed by atoms with E-state index in [2.05, 4.69) is 11.9 Å². The van der Waals surface area contributed by atoms with Crippen LogP contribution in [0.15, 0.2) is 0 Å². The van der Waals surface area contributed by atoms with Gasteiger partial charge in [-0.25, -0.2) is 4.79 Å². The van der Waals surface area contributed by atoms with Crippen molar-refractivity contribution in [3.63, 3.8) is 0 Å². The van der Waals surface area contributed by atoms with Crippen molar-refractivity contribution < 1.29 is 9.53 Å². The Morgan fingerprint density at radius 1 is 1.54 bits per heavy atom. The molecule has 0 aromatic carbocycles. The monoisotopic (exact) mass is 203 g/mol. The van der Waals surface area contributed by atoms with Crippen LogP contribution in [0.2, 0.25) is 0 Å². The fraction of sp³-hybridized carbons (Fsp3) is 0.889. The van der Waals surface area contributed by atoms with Crippen LogP contribution >= 0.6 is 11.8 Å². The third kappa shape index (κ3) is 4.00. The van der Waals surface area contributed by atoms with Gasteiger partial charge in [0.25, 0.3) is 0 Å². The summed E-state index contributed by atoms with van der Waals surface area (Å²) in [6.45, 7) is 4.51. The number of carbonyl (C=O) groups excluding carboxylic acids is 1. The summed E-state index contributed by atoms with van der Waals surface area (Å²) >= 11 is 1.36. The van der Waals surface area contributed by atoms with E-state index in [1.165, 1.54) is 11.8 Å². The van der Waals surface area contributed by atoms with Gasteiger partial charge in [-0.05, 0) is 51.7 Å². The summed E-state index contributed by atoms with van der Waals surface area (Å²) in [7, 11) is 2.12. The van der Waals surface area contributed by atoms with E-state index < -0.39 is 0 Å². The van der Waals surface area contributed by atoms with Crippen molar-refractivity contribution in [1.82, 2.24) is 4.90 Å². The van der Waals surface area contributed by atoms with Crippen LogP contribution in [-0.2, 0) is 4.74 Å². The van der Waals surface area contributed by atoms with Crippen LogP contribution in [0.25, 0.3) is 0 Å². The molecule has 3 nitrogen and oxygen atoms in total. The third-order valence-electron chi connectivity index (χ3n) is 2.19. The van der Waals surface area contributed by atoms with Gasteiger partial charge in [0.05, 0.1) is 6.61 Å². The third-order valence-corrected chi connectivity index (χ3v) is 3.31. The number of piperidine rings is 1. The molecule has 1 heterocycles. The van der Waals surface area contributed by atoms with Crippen molar-refractivity contribution in [3.8, 4) is 0 Å². The van der Waals surface area contributed by atoms with E-state index in [0.29, 0.717) is 11.9 Å². The van der Waals surface area contributed by atoms with Crippen LogP contribution in [0.4, 0.5) is 4.79 Å². The van der Waals surface area contributed by atoms with Crippen molar-refractivity contribution in [1.29, 1.82) is 0 Å². The molecule has 0 aromatic rings. The Hall–Kier alpha value is -0.220. The lowest BCUT2D eigenvalue weighted by molar-refractivity contribution is 0.181. The van der Waals surface area contributed by atoms with E-state index in [1.54, 1.807) is 0 Å². The predicted molar refractivity (Wildman–Crippen MR) is 55.1 cm³/mol. The zero-order valence-electron chi connectivity index (χ0n) is 8.28. The van der Waals surface area contributed by atoms with Crippen LogP contribution in [0, 0.1) is 0 Å². The molecule has 13 heavy (non-hydrogen) atoms. The van der Waals surface area contributed by atoms with E-state index in [-0.39, 0.29) is 5.30 Å². The quantitative estimate of drug-likeness (QED) is 0.642. The summed E-state index contributed by atoms with van der Waals surface area (Å²) in [5.74, 6) is 0. The summed E-state index contributed by atoms with van der Waals surface area (Å²) < 4.78 is 4.88. The van der Waals surface area contributed by atoms with Crippen molar-refractivity contribution in [2.45, 2.75) is 25.0 Å². The Morgan fingerprint density at radius 2 is 2.15 bits per heavy atom. The van der Waals surface area contributed by atoms with Crippen molar-refractivity contribution in [2.24, 2.45) is 0 Å². The van der Waals surface area contributed by atoms with Crippen molar-refractivity contribution in [2.75, 3.05) is 26.7 Å². The lowest BCUT2D eigenvalue weighted by Gasteiger charge is -2.27. The first-order valence-electron chi connectivity index (χ1n) is 4.74. The maximum absolute atomic E-state index is 11.1. The van der Waals surface area contributed by atoms with E-state index >= 15 is 0 Å². The first-order chi connectivity index (χ1) is 6.22. The highest BCUT2D eigenvalue weighted by Crippen LogP contribution is 2.24. The molecule has 1 aliphatic heterocycles. The van der Waals surface area contributed by atoms with Crippen molar-refractivity contribution in [3.05, 3.63) is 0 Å². The number of thioether (sulfide) groups is 1. The number of nitrogens with zero attached hydrogens (tertiary/aromatic N) is 1. The number of hydrogen-bond acceptors (Lipinski definition) is 4. The van der Waals surface area contributed by atoms with Crippen LogP contribution in [-0.4, -0.2) is 42.2 Å². The normalized spacial score (nSPS) is 20.2.